The van der Waals surface area contributed by atoms with Crippen molar-refractivity contribution in [3.63, 3.8) is 0 Å². The van der Waals surface area contributed by atoms with E-state index in [2.05, 4.69) is 0 Å². The molecule has 0 aliphatic rings. The SMILES string of the molecule is CCCCOC(=O)Cn1cc(Cl)cc(Cl)c1=O. The monoisotopic (exact) mass is 277 g/mol. The zero-order valence-corrected chi connectivity index (χ0v) is 10.9. The quantitative estimate of drug-likeness (QED) is 0.614. The summed E-state index contributed by atoms with van der Waals surface area (Å²) in [6.07, 6.45) is 3.10. The molecule has 1 aromatic rings. The molecule has 0 bridgehead atoms. The highest BCUT2D eigenvalue weighted by atomic mass is 35.5. The lowest BCUT2D eigenvalue weighted by molar-refractivity contribution is -0.144. The van der Waals surface area contributed by atoms with Crippen LogP contribution in [0.2, 0.25) is 10.0 Å². The number of hydrogen-bond acceptors (Lipinski definition) is 3. The molecule has 17 heavy (non-hydrogen) atoms. The third-order valence-electron chi connectivity index (χ3n) is 2.07. The van der Waals surface area contributed by atoms with Gasteiger partial charge in [-0.15, -0.1) is 0 Å². The molecule has 0 aliphatic carbocycles. The first-order valence-electron chi connectivity index (χ1n) is 5.25. The molecule has 0 spiro atoms. The molecule has 6 heteroatoms. The van der Waals surface area contributed by atoms with Crippen LogP contribution in [-0.4, -0.2) is 17.1 Å². The van der Waals surface area contributed by atoms with E-state index in [1.807, 2.05) is 6.92 Å². The third kappa shape index (κ3) is 4.40. The number of aromatic nitrogens is 1. The van der Waals surface area contributed by atoms with Crippen LogP contribution in [0.15, 0.2) is 17.1 Å². The van der Waals surface area contributed by atoms with Crippen LogP contribution in [0.5, 0.6) is 0 Å². The first kappa shape index (κ1) is 14.1. The second-order valence-electron chi connectivity index (χ2n) is 3.51. The number of hydrogen-bond donors (Lipinski definition) is 0. The van der Waals surface area contributed by atoms with Gasteiger partial charge in [0.15, 0.2) is 0 Å². The minimum atomic E-state index is -0.473. The molecule has 0 saturated heterocycles. The van der Waals surface area contributed by atoms with Gasteiger partial charge in [-0.1, -0.05) is 36.5 Å². The van der Waals surface area contributed by atoms with E-state index in [-0.39, 0.29) is 11.6 Å². The van der Waals surface area contributed by atoms with Crippen LogP contribution in [-0.2, 0) is 16.1 Å². The largest absolute Gasteiger partial charge is 0.464 e. The van der Waals surface area contributed by atoms with Crippen LogP contribution in [0.3, 0.4) is 0 Å². The number of ether oxygens (including phenoxy) is 1. The van der Waals surface area contributed by atoms with Crippen molar-refractivity contribution in [2.45, 2.75) is 26.3 Å². The van der Waals surface area contributed by atoms with Gasteiger partial charge in [0.05, 0.1) is 11.6 Å². The van der Waals surface area contributed by atoms with Gasteiger partial charge in [0.1, 0.15) is 11.6 Å². The number of unbranched alkanes of at least 4 members (excludes halogenated alkanes) is 1. The molecule has 1 aromatic heterocycles. The Morgan fingerprint density at radius 3 is 2.82 bits per heavy atom. The van der Waals surface area contributed by atoms with Crippen molar-refractivity contribution in [2.24, 2.45) is 0 Å². The van der Waals surface area contributed by atoms with Crippen molar-refractivity contribution in [1.82, 2.24) is 4.57 Å². The predicted molar refractivity (Wildman–Crippen MR) is 66.6 cm³/mol. The zero-order valence-electron chi connectivity index (χ0n) is 9.41. The normalized spacial score (nSPS) is 10.3. The molecule has 0 fully saturated rings. The summed E-state index contributed by atoms with van der Waals surface area (Å²) in [5.41, 5.74) is -0.455. The topological polar surface area (TPSA) is 48.3 Å². The highest BCUT2D eigenvalue weighted by Crippen LogP contribution is 2.11. The number of rotatable bonds is 5. The van der Waals surface area contributed by atoms with E-state index in [0.717, 1.165) is 17.4 Å². The Morgan fingerprint density at radius 1 is 1.47 bits per heavy atom. The van der Waals surface area contributed by atoms with Crippen molar-refractivity contribution in [2.75, 3.05) is 6.61 Å². The van der Waals surface area contributed by atoms with Crippen molar-refractivity contribution in [1.29, 1.82) is 0 Å². The molecular weight excluding hydrogens is 265 g/mol. The molecule has 0 saturated carbocycles. The lowest BCUT2D eigenvalue weighted by atomic mass is 10.4. The molecular formula is C11H13Cl2NO3. The summed E-state index contributed by atoms with van der Waals surface area (Å²) in [5.74, 6) is -0.473. The summed E-state index contributed by atoms with van der Waals surface area (Å²) >= 11 is 11.4. The molecule has 0 atom stereocenters. The van der Waals surface area contributed by atoms with E-state index in [1.54, 1.807) is 0 Å². The molecule has 0 unspecified atom stereocenters. The van der Waals surface area contributed by atoms with Crippen molar-refractivity contribution in [3.8, 4) is 0 Å². The van der Waals surface area contributed by atoms with Gasteiger partial charge in [0.25, 0.3) is 5.56 Å². The fourth-order valence-electron chi connectivity index (χ4n) is 1.20. The molecule has 0 aromatic carbocycles. The fraction of sp³-hybridized carbons (Fsp3) is 0.455. The highest BCUT2D eigenvalue weighted by Gasteiger charge is 2.09. The number of esters is 1. The minimum Gasteiger partial charge on any atom is -0.464 e. The standard InChI is InChI=1S/C11H13Cl2NO3/c1-2-3-4-17-10(15)7-14-6-8(12)5-9(13)11(14)16/h5-6H,2-4,7H2,1H3. The second kappa shape index (κ2) is 6.67. The smallest absolute Gasteiger partial charge is 0.326 e. The van der Waals surface area contributed by atoms with E-state index in [9.17, 15) is 9.59 Å². The maximum absolute atomic E-state index is 11.6. The molecule has 0 amide bonds. The second-order valence-corrected chi connectivity index (χ2v) is 4.36. The summed E-state index contributed by atoms with van der Waals surface area (Å²) in [4.78, 5) is 22.9. The molecule has 0 radical (unpaired) electrons. The summed E-state index contributed by atoms with van der Waals surface area (Å²) < 4.78 is 6.07. The van der Waals surface area contributed by atoms with Crippen LogP contribution in [0, 0.1) is 0 Å². The van der Waals surface area contributed by atoms with E-state index in [1.165, 1.54) is 12.3 Å². The van der Waals surface area contributed by atoms with Crippen molar-refractivity contribution >= 4 is 29.2 Å². The van der Waals surface area contributed by atoms with Crippen LogP contribution >= 0.6 is 23.2 Å². The van der Waals surface area contributed by atoms with Gasteiger partial charge < -0.3 is 9.30 Å². The fourth-order valence-corrected chi connectivity index (χ4v) is 1.71. The van der Waals surface area contributed by atoms with Crippen LogP contribution in [0.1, 0.15) is 19.8 Å². The van der Waals surface area contributed by atoms with Gasteiger partial charge in [-0.25, -0.2) is 0 Å². The Kier molecular flexibility index (Phi) is 5.51. The van der Waals surface area contributed by atoms with E-state index < -0.39 is 11.5 Å². The molecule has 94 valence electrons. The van der Waals surface area contributed by atoms with E-state index in [4.69, 9.17) is 27.9 Å². The number of carbonyl (C=O) groups excluding carboxylic acids is 1. The Hall–Kier alpha value is -1.00. The maximum atomic E-state index is 11.6. The first-order chi connectivity index (χ1) is 8.04. The van der Waals surface area contributed by atoms with Gasteiger partial charge in [0, 0.05) is 6.20 Å². The minimum absolute atomic E-state index is 0.0149. The maximum Gasteiger partial charge on any atom is 0.326 e. The van der Waals surface area contributed by atoms with Crippen molar-refractivity contribution in [3.05, 3.63) is 32.7 Å². The average Bonchev–Trinajstić information content (AvgIpc) is 2.25. The number of pyridine rings is 1. The van der Waals surface area contributed by atoms with Crippen LogP contribution in [0.25, 0.3) is 0 Å². The molecule has 0 aliphatic heterocycles. The summed E-state index contributed by atoms with van der Waals surface area (Å²) in [5, 5.41) is 0.287. The molecule has 4 nitrogen and oxygen atoms in total. The first-order valence-corrected chi connectivity index (χ1v) is 6.01. The summed E-state index contributed by atoms with van der Waals surface area (Å²) in [6, 6.07) is 1.34. The van der Waals surface area contributed by atoms with Gasteiger partial charge in [-0.3, -0.25) is 9.59 Å². The Bertz CT molecular complexity index is 457. The highest BCUT2D eigenvalue weighted by molar-refractivity contribution is 6.34. The van der Waals surface area contributed by atoms with Gasteiger partial charge >= 0.3 is 5.97 Å². The Morgan fingerprint density at radius 2 is 2.18 bits per heavy atom. The lowest BCUT2D eigenvalue weighted by Crippen LogP contribution is -2.25. The molecule has 0 N–H and O–H groups in total. The van der Waals surface area contributed by atoms with Crippen molar-refractivity contribution < 1.29 is 9.53 Å². The Balaban J connectivity index is 2.68. The predicted octanol–water partition coefficient (Wildman–Crippen LogP) is 2.50. The zero-order chi connectivity index (χ0) is 12.8. The van der Waals surface area contributed by atoms with Crippen LogP contribution in [0.4, 0.5) is 0 Å². The number of nitrogens with zero attached hydrogens (tertiary/aromatic N) is 1. The average molecular weight is 278 g/mol. The molecule has 1 heterocycles. The van der Waals surface area contributed by atoms with Gasteiger partial charge in [-0.2, -0.15) is 0 Å². The van der Waals surface area contributed by atoms with Gasteiger partial charge in [0.2, 0.25) is 0 Å². The Labute approximate surface area is 109 Å². The van der Waals surface area contributed by atoms with E-state index in [0.29, 0.717) is 11.6 Å². The van der Waals surface area contributed by atoms with E-state index >= 15 is 0 Å². The molecule has 1 rings (SSSR count). The summed E-state index contributed by atoms with van der Waals surface area (Å²) in [7, 11) is 0. The van der Waals surface area contributed by atoms with Gasteiger partial charge in [-0.05, 0) is 12.5 Å². The number of carbonyl (C=O) groups is 1. The summed E-state index contributed by atoms with van der Waals surface area (Å²) in [6.45, 7) is 2.18. The number of halogens is 2. The third-order valence-corrected chi connectivity index (χ3v) is 2.55. The van der Waals surface area contributed by atoms with Crippen LogP contribution < -0.4 is 5.56 Å². The lowest BCUT2D eigenvalue weighted by Gasteiger charge is -2.07.